The maximum Gasteiger partial charge on any atom is 0.191 e. The van der Waals surface area contributed by atoms with Crippen LogP contribution >= 0.6 is 11.8 Å². The Bertz CT molecular complexity index is 570. The molecule has 1 N–H and O–H groups in total. The molecule has 1 aliphatic carbocycles. The Morgan fingerprint density at radius 2 is 2.30 bits per heavy atom. The maximum atomic E-state index is 11.9. The first-order valence-electron chi connectivity index (χ1n) is 6.61. The third-order valence-electron chi connectivity index (χ3n) is 3.23. The number of nitrogens with zero attached hydrogens (tertiary/aromatic N) is 4. The van der Waals surface area contributed by atoms with E-state index in [1.165, 1.54) is 18.7 Å². The van der Waals surface area contributed by atoms with Gasteiger partial charge in [-0.15, -0.1) is 10.2 Å². The first kappa shape index (κ1) is 14.7. The van der Waals surface area contributed by atoms with Gasteiger partial charge in [0.15, 0.2) is 10.9 Å². The van der Waals surface area contributed by atoms with Gasteiger partial charge in [0.25, 0.3) is 0 Å². The zero-order chi connectivity index (χ0) is 14.7. The molecule has 1 aromatic heterocycles. The van der Waals surface area contributed by atoms with Crippen LogP contribution in [0.3, 0.4) is 0 Å². The van der Waals surface area contributed by atoms with Gasteiger partial charge in [-0.2, -0.15) is 5.26 Å². The molecule has 0 aromatic carbocycles. The number of nitriles is 1. The summed E-state index contributed by atoms with van der Waals surface area (Å²) in [5, 5.41) is 25.4. The van der Waals surface area contributed by atoms with Crippen molar-refractivity contribution in [3.63, 3.8) is 0 Å². The standard InChI is InChI=1S/C13H17N5OS/c1-3-18-12(9-4-5-9)16-17-13(18)20-7-11(19)10(6-14)8(2)15/h9-10,15H,3-5,7H2,1-2H3/t10-/m1/s1. The molecule has 20 heavy (non-hydrogen) atoms. The Balaban J connectivity index is 2.02. The molecule has 1 atom stereocenters. The van der Waals surface area contributed by atoms with Crippen LogP contribution in [0.5, 0.6) is 0 Å². The van der Waals surface area contributed by atoms with Gasteiger partial charge >= 0.3 is 0 Å². The Hall–Kier alpha value is -1.68. The van der Waals surface area contributed by atoms with Gasteiger partial charge in [-0.3, -0.25) is 4.79 Å². The molecule has 7 heteroatoms. The number of carbonyl (C=O) groups excluding carboxylic acids is 1. The van der Waals surface area contributed by atoms with Crippen molar-refractivity contribution in [3.8, 4) is 6.07 Å². The molecule has 0 aliphatic heterocycles. The second kappa shape index (κ2) is 6.18. The van der Waals surface area contributed by atoms with Crippen molar-refractivity contribution in [2.24, 2.45) is 5.92 Å². The highest BCUT2D eigenvalue weighted by molar-refractivity contribution is 7.99. The minimum absolute atomic E-state index is 0.0914. The summed E-state index contributed by atoms with van der Waals surface area (Å²) in [6.07, 6.45) is 2.32. The molecular weight excluding hydrogens is 274 g/mol. The molecule has 0 saturated heterocycles. The summed E-state index contributed by atoms with van der Waals surface area (Å²) in [4.78, 5) is 11.9. The van der Waals surface area contributed by atoms with E-state index >= 15 is 0 Å². The summed E-state index contributed by atoms with van der Waals surface area (Å²) < 4.78 is 2.04. The molecule has 1 fully saturated rings. The fourth-order valence-electron chi connectivity index (χ4n) is 1.98. The fraction of sp³-hybridized carbons (Fsp3) is 0.615. The number of rotatable bonds is 7. The normalized spacial score (nSPS) is 15.7. The lowest BCUT2D eigenvalue weighted by molar-refractivity contribution is -0.117. The molecule has 0 bridgehead atoms. The molecule has 2 rings (SSSR count). The molecule has 6 nitrogen and oxygen atoms in total. The van der Waals surface area contributed by atoms with Gasteiger partial charge in [-0.25, -0.2) is 0 Å². The van der Waals surface area contributed by atoms with Crippen LogP contribution in [-0.2, 0) is 11.3 Å². The summed E-state index contributed by atoms with van der Waals surface area (Å²) in [6.45, 7) is 4.29. The predicted molar refractivity (Wildman–Crippen MR) is 75.9 cm³/mol. The van der Waals surface area contributed by atoms with Crippen LogP contribution in [0.1, 0.15) is 38.4 Å². The van der Waals surface area contributed by atoms with Crippen molar-refractivity contribution in [2.75, 3.05) is 5.75 Å². The van der Waals surface area contributed by atoms with Crippen LogP contribution in [0.15, 0.2) is 5.16 Å². The van der Waals surface area contributed by atoms with Crippen LogP contribution in [-0.4, -0.2) is 32.0 Å². The van der Waals surface area contributed by atoms with Crippen molar-refractivity contribution >= 4 is 23.3 Å². The molecule has 0 radical (unpaired) electrons. The van der Waals surface area contributed by atoms with E-state index in [1.54, 1.807) is 0 Å². The van der Waals surface area contributed by atoms with Crippen LogP contribution in [0, 0.1) is 22.7 Å². The third-order valence-corrected chi connectivity index (χ3v) is 4.22. The van der Waals surface area contributed by atoms with Crippen molar-refractivity contribution < 1.29 is 4.79 Å². The number of hydrogen-bond acceptors (Lipinski definition) is 6. The Morgan fingerprint density at radius 1 is 1.60 bits per heavy atom. The van der Waals surface area contributed by atoms with Gasteiger partial charge in [0.05, 0.1) is 11.8 Å². The van der Waals surface area contributed by atoms with E-state index < -0.39 is 5.92 Å². The lowest BCUT2D eigenvalue weighted by Crippen LogP contribution is -2.21. The molecule has 0 spiro atoms. The molecule has 1 heterocycles. The number of carbonyl (C=O) groups is 1. The molecule has 0 unspecified atom stereocenters. The summed E-state index contributed by atoms with van der Waals surface area (Å²) >= 11 is 1.30. The van der Waals surface area contributed by atoms with Gasteiger partial charge in [-0.1, -0.05) is 11.8 Å². The molecule has 1 aromatic rings. The van der Waals surface area contributed by atoms with E-state index in [0.29, 0.717) is 5.92 Å². The molecule has 106 valence electrons. The second-order valence-corrected chi connectivity index (χ2v) is 5.80. The van der Waals surface area contributed by atoms with E-state index in [1.807, 2.05) is 17.6 Å². The predicted octanol–water partition coefficient (Wildman–Crippen LogP) is 2.02. The molecular formula is C13H17N5OS. The second-order valence-electron chi connectivity index (χ2n) is 4.86. The van der Waals surface area contributed by atoms with E-state index in [-0.39, 0.29) is 17.2 Å². The highest BCUT2D eigenvalue weighted by Crippen LogP contribution is 2.39. The van der Waals surface area contributed by atoms with E-state index in [0.717, 1.165) is 30.4 Å². The first-order valence-corrected chi connectivity index (χ1v) is 7.60. The highest BCUT2D eigenvalue weighted by atomic mass is 32.2. The van der Waals surface area contributed by atoms with Gasteiger partial charge in [0, 0.05) is 18.2 Å². The van der Waals surface area contributed by atoms with Gasteiger partial charge < -0.3 is 9.98 Å². The third kappa shape index (κ3) is 3.07. The van der Waals surface area contributed by atoms with Crippen molar-refractivity contribution in [1.29, 1.82) is 10.7 Å². The number of thioether (sulfide) groups is 1. The number of Topliss-reactive ketones (excluding diaryl/α,β-unsaturated/α-hetero) is 1. The van der Waals surface area contributed by atoms with Crippen LogP contribution in [0.4, 0.5) is 0 Å². The van der Waals surface area contributed by atoms with Gasteiger partial charge in [-0.05, 0) is 26.7 Å². The van der Waals surface area contributed by atoms with Crippen molar-refractivity contribution in [2.45, 2.75) is 44.3 Å². The maximum absolute atomic E-state index is 11.9. The van der Waals surface area contributed by atoms with Gasteiger partial charge in [0.1, 0.15) is 11.7 Å². The van der Waals surface area contributed by atoms with E-state index in [2.05, 4.69) is 10.2 Å². The monoisotopic (exact) mass is 291 g/mol. The minimum Gasteiger partial charge on any atom is -0.308 e. The average molecular weight is 291 g/mol. The van der Waals surface area contributed by atoms with Crippen LogP contribution in [0.25, 0.3) is 0 Å². The minimum atomic E-state index is -0.941. The average Bonchev–Trinajstić information content (AvgIpc) is 3.17. The lowest BCUT2D eigenvalue weighted by Gasteiger charge is -2.07. The Morgan fingerprint density at radius 3 is 2.80 bits per heavy atom. The highest BCUT2D eigenvalue weighted by Gasteiger charge is 2.30. The lowest BCUT2D eigenvalue weighted by atomic mass is 10.0. The Kier molecular flexibility index (Phi) is 4.55. The molecule has 1 saturated carbocycles. The van der Waals surface area contributed by atoms with Crippen molar-refractivity contribution in [1.82, 2.24) is 14.8 Å². The topological polar surface area (TPSA) is 95.4 Å². The SMILES string of the molecule is CCn1c(SCC(=O)[C@H](C#N)C(C)=N)nnc1C1CC1. The van der Waals surface area contributed by atoms with E-state index in [4.69, 9.17) is 10.7 Å². The van der Waals surface area contributed by atoms with E-state index in [9.17, 15) is 4.79 Å². The molecule has 1 aliphatic rings. The van der Waals surface area contributed by atoms with Crippen LogP contribution < -0.4 is 0 Å². The Labute approximate surface area is 122 Å². The summed E-state index contributed by atoms with van der Waals surface area (Å²) in [7, 11) is 0. The smallest absolute Gasteiger partial charge is 0.191 e. The quantitative estimate of drug-likeness (QED) is 0.612. The summed E-state index contributed by atoms with van der Waals surface area (Å²) in [5.41, 5.74) is 0.0914. The zero-order valence-electron chi connectivity index (χ0n) is 11.6. The fourth-order valence-corrected chi connectivity index (χ4v) is 2.89. The van der Waals surface area contributed by atoms with Crippen LogP contribution in [0.2, 0.25) is 0 Å². The van der Waals surface area contributed by atoms with Crippen molar-refractivity contribution in [3.05, 3.63) is 5.82 Å². The van der Waals surface area contributed by atoms with Gasteiger partial charge in [0.2, 0.25) is 0 Å². The number of hydrogen-bond donors (Lipinski definition) is 1. The summed E-state index contributed by atoms with van der Waals surface area (Å²) in [6, 6.07) is 1.87. The molecule has 0 amide bonds. The number of ketones is 1. The largest absolute Gasteiger partial charge is 0.308 e. The number of aromatic nitrogens is 3. The number of nitrogens with one attached hydrogen (secondary N) is 1. The first-order chi connectivity index (χ1) is 9.58. The summed E-state index contributed by atoms with van der Waals surface area (Å²) in [5.74, 6) is 0.481. The zero-order valence-corrected chi connectivity index (χ0v) is 12.4.